The van der Waals surface area contributed by atoms with Crippen molar-refractivity contribution in [3.63, 3.8) is 0 Å². The van der Waals surface area contributed by atoms with Gasteiger partial charge in [-0.25, -0.2) is 8.42 Å². The summed E-state index contributed by atoms with van der Waals surface area (Å²) in [7, 11) is -3.82. The number of nitrogens with one attached hydrogen (secondary N) is 1. The molecule has 2 aromatic carbocycles. The molecule has 36 heavy (non-hydrogen) atoms. The molecule has 1 saturated heterocycles. The molecule has 0 radical (unpaired) electrons. The number of carbonyl (C=O) groups excluding carboxylic acids is 2. The van der Waals surface area contributed by atoms with Crippen molar-refractivity contribution in [1.82, 2.24) is 14.5 Å². The zero-order chi connectivity index (χ0) is 25.9. The molecule has 2 amide bonds. The van der Waals surface area contributed by atoms with Gasteiger partial charge in [-0.2, -0.15) is 4.31 Å². The molecule has 1 aliphatic heterocycles. The highest BCUT2D eigenvalue weighted by atomic mass is 32.2. The van der Waals surface area contributed by atoms with Gasteiger partial charge in [-0.05, 0) is 36.8 Å². The van der Waals surface area contributed by atoms with Crippen LogP contribution in [0.3, 0.4) is 0 Å². The molecule has 9 heteroatoms. The quantitative estimate of drug-likeness (QED) is 0.525. The van der Waals surface area contributed by atoms with Crippen molar-refractivity contribution < 1.29 is 22.4 Å². The number of amides is 2. The molecule has 0 spiro atoms. The van der Waals surface area contributed by atoms with Gasteiger partial charge in [0.1, 0.15) is 11.8 Å². The number of sulfonamides is 1. The summed E-state index contributed by atoms with van der Waals surface area (Å²) in [5.41, 5.74) is 1.80. The molecule has 3 aromatic rings. The van der Waals surface area contributed by atoms with E-state index in [0.29, 0.717) is 0 Å². The number of hydrogen-bond donors (Lipinski definition) is 1. The first-order chi connectivity index (χ1) is 17.2. The third kappa shape index (κ3) is 5.37. The first-order valence-corrected chi connectivity index (χ1v) is 13.4. The normalized spacial score (nSPS) is 18.8. The van der Waals surface area contributed by atoms with Gasteiger partial charge < -0.3 is 14.6 Å². The summed E-state index contributed by atoms with van der Waals surface area (Å²) < 4.78 is 33.3. The van der Waals surface area contributed by atoms with Crippen molar-refractivity contribution in [3.05, 3.63) is 78.6 Å². The van der Waals surface area contributed by atoms with E-state index in [1.807, 2.05) is 36.4 Å². The second kappa shape index (κ2) is 10.7. The molecular weight excluding hydrogens is 478 g/mol. The zero-order valence-electron chi connectivity index (χ0n) is 20.6. The number of hydrogen-bond acceptors (Lipinski definition) is 5. The lowest BCUT2D eigenvalue weighted by molar-refractivity contribution is -0.148. The standard InChI is InChI=1S/C27H31N3O5S/c1-19(2)27(32)30-20(3)17-29(36(33,34)23-8-5-4-6-9-23)18-24(30)26(31)28-16-21-11-13-22(14-12-21)25-10-7-15-35-25/h4-15,19-20,24H,16-18H2,1-3H3,(H,28,31)/t20-,24-/m0/s1. The molecule has 0 aliphatic carbocycles. The molecular formula is C27H31N3O5S. The van der Waals surface area contributed by atoms with E-state index in [4.69, 9.17) is 4.42 Å². The minimum atomic E-state index is -3.82. The second-order valence-corrected chi connectivity index (χ2v) is 11.2. The third-order valence-corrected chi connectivity index (χ3v) is 8.16. The number of piperazine rings is 1. The van der Waals surface area contributed by atoms with E-state index in [2.05, 4.69) is 5.32 Å². The Morgan fingerprint density at radius 1 is 1.00 bits per heavy atom. The Hall–Kier alpha value is -3.43. The largest absolute Gasteiger partial charge is 0.464 e. The van der Waals surface area contributed by atoms with Crippen LogP contribution in [0.4, 0.5) is 0 Å². The van der Waals surface area contributed by atoms with E-state index in [0.717, 1.165) is 16.9 Å². The highest BCUT2D eigenvalue weighted by molar-refractivity contribution is 7.89. The topological polar surface area (TPSA) is 99.9 Å². The molecule has 1 aliphatic rings. The van der Waals surface area contributed by atoms with Gasteiger partial charge in [-0.3, -0.25) is 9.59 Å². The Kier molecular flexibility index (Phi) is 7.61. The van der Waals surface area contributed by atoms with Crippen molar-refractivity contribution in [1.29, 1.82) is 0 Å². The Morgan fingerprint density at radius 2 is 1.69 bits per heavy atom. The third-order valence-electron chi connectivity index (χ3n) is 6.31. The van der Waals surface area contributed by atoms with Crippen molar-refractivity contribution in [2.45, 2.75) is 44.3 Å². The lowest BCUT2D eigenvalue weighted by Crippen LogP contribution is -2.65. The van der Waals surface area contributed by atoms with Crippen LogP contribution < -0.4 is 5.32 Å². The molecule has 0 bridgehead atoms. The highest BCUT2D eigenvalue weighted by Gasteiger charge is 2.43. The molecule has 1 N–H and O–H groups in total. The van der Waals surface area contributed by atoms with Gasteiger partial charge in [0.25, 0.3) is 0 Å². The van der Waals surface area contributed by atoms with Crippen LogP contribution in [0.1, 0.15) is 26.3 Å². The minimum absolute atomic E-state index is 0.108. The Labute approximate surface area is 212 Å². The smallest absolute Gasteiger partial charge is 0.244 e. The monoisotopic (exact) mass is 509 g/mol. The Balaban J connectivity index is 1.53. The molecule has 0 saturated carbocycles. The van der Waals surface area contributed by atoms with Crippen LogP contribution in [0, 0.1) is 5.92 Å². The van der Waals surface area contributed by atoms with Crippen LogP contribution >= 0.6 is 0 Å². The molecule has 4 rings (SSSR count). The maximum Gasteiger partial charge on any atom is 0.244 e. The average Bonchev–Trinajstić information content (AvgIpc) is 3.42. The van der Waals surface area contributed by atoms with E-state index in [1.54, 1.807) is 45.2 Å². The Morgan fingerprint density at radius 3 is 2.31 bits per heavy atom. The number of furan rings is 1. The second-order valence-electron chi connectivity index (χ2n) is 9.29. The van der Waals surface area contributed by atoms with Crippen LogP contribution in [0.25, 0.3) is 11.3 Å². The predicted octanol–water partition coefficient (Wildman–Crippen LogP) is 3.51. The van der Waals surface area contributed by atoms with Crippen LogP contribution in [-0.4, -0.2) is 54.6 Å². The highest BCUT2D eigenvalue weighted by Crippen LogP contribution is 2.25. The van der Waals surface area contributed by atoms with Gasteiger partial charge in [0.15, 0.2) is 0 Å². The minimum Gasteiger partial charge on any atom is -0.464 e. The molecule has 1 aromatic heterocycles. The van der Waals surface area contributed by atoms with E-state index < -0.39 is 22.1 Å². The first-order valence-electron chi connectivity index (χ1n) is 12.0. The number of carbonyl (C=O) groups is 2. The fourth-order valence-electron chi connectivity index (χ4n) is 4.40. The fraction of sp³-hybridized carbons (Fsp3) is 0.333. The Bertz CT molecular complexity index is 1290. The number of rotatable bonds is 7. The van der Waals surface area contributed by atoms with E-state index in [-0.39, 0.29) is 42.3 Å². The van der Waals surface area contributed by atoms with E-state index >= 15 is 0 Å². The fourth-order valence-corrected chi connectivity index (χ4v) is 5.95. The van der Waals surface area contributed by atoms with Crippen LogP contribution in [0.2, 0.25) is 0 Å². The van der Waals surface area contributed by atoms with E-state index in [9.17, 15) is 18.0 Å². The van der Waals surface area contributed by atoms with Crippen LogP contribution in [-0.2, 0) is 26.2 Å². The molecule has 2 heterocycles. The van der Waals surface area contributed by atoms with Crippen LogP contribution in [0.5, 0.6) is 0 Å². The number of nitrogens with zero attached hydrogens (tertiary/aromatic N) is 2. The van der Waals surface area contributed by atoms with Crippen molar-refractivity contribution in [2.24, 2.45) is 5.92 Å². The summed E-state index contributed by atoms with van der Waals surface area (Å²) in [6.07, 6.45) is 1.61. The maximum absolute atomic E-state index is 13.4. The summed E-state index contributed by atoms with van der Waals surface area (Å²) in [5, 5.41) is 2.90. The van der Waals surface area contributed by atoms with Gasteiger partial charge in [-0.1, -0.05) is 56.3 Å². The lowest BCUT2D eigenvalue weighted by Gasteiger charge is -2.44. The van der Waals surface area contributed by atoms with Gasteiger partial charge in [-0.15, -0.1) is 0 Å². The molecule has 8 nitrogen and oxygen atoms in total. The maximum atomic E-state index is 13.4. The summed E-state index contributed by atoms with van der Waals surface area (Å²) in [4.78, 5) is 28.1. The first kappa shape index (κ1) is 25.7. The van der Waals surface area contributed by atoms with Crippen LogP contribution in [0.15, 0.2) is 82.3 Å². The zero-order valence-corrected chi connectivity index (χ0v) is 21.4. The van der Waals surface area contributed by atoms with Gasteiger partial charge >= 0.3 is 0 Å². The average molecular weight is 510 g/mol. The molecule has 2 atom stereocenters. The van der Waals surface area contributed by atoms with Gasteiger partial charge in [0, 0.05) is 37.2 Å². The predicted molar refractivity (Wildman–Crippen MR) is 136 cm³/mol. The van der Waals surface area contributed by atoms with Gasteiger partial charge in [0.2, 0.25) is 21.8 Å². The van der Waals surface area contributed by atoms with Gasteiger partial charge in [0.05, 0.1) is 11.2 Å². The summed E-state index contributed by atoms with van der Waals surface area (Å²) in [6.45, 7) is 5.59. The lowest BCUT2D eigenvalue weighted by atomic mass is 10.0. The number of benzene rings is 2. The van der Waals surface area contributed by atoms with Crippen molar-refractivity contribution in [2.75, 3.05) is 13.1 Å². The summed E-state index contributed by atoms with van der Waals surface area (Å²) in [6, 6.07) is 18.0. The summed E-state index contributed by atoms with van der Waals surface area (Å²) in [5.74, 6) is -0.139. The molecule has 0 unspecified atom stereocenters. The molecule has 190 valence electrons. The SMILES string of the molecule is CC(C)C(=O)N1[C@@H](C)CN(S(=O)(=O)c2ccccc2)C[C@H]1C(=O)NCc1ccc(-c2ccco2)cc1. The van der Waals surface area contributed by atoms with Crippen molar-refractivity contribution in [3.8, 4) is 11.3 Å². The van der Waals surface area contributed by atoms with Crippen molar-refractivity contribution >= 4 is 21.8 Å². The molecule has 1 fully saturated rings. The summed E-state index contributed by atoms with van der Waals surface area (Å²) >= 11 is 0. The van der Waals surface area contributed by atoms with E-state index in [1.165, 1.54) is 21.3 Å².